The molecule has 0 bridgehead atoms. The van der Waals surface area contributed by atoms with E-state index in [4.69, 9.17) is 53.1 Å². The summed E-state index contributed by atoms with van der Waals surface area (Å²) >= 11 is 0. The highest BCUT2D eigenvalue weighted by Crippen LogP contribution is 2.32. The lowest BCUT2D eigenvalue weighted by molar-refractivity contribution is -0.0770. The van der Waals surface area contributed by atoms with Gasteiger partial charge in [0.25, 0.3) is 0 Å². The van der Waals surface area contributed by atoms with Crippen molar-refractivity contribution >= 4 is 99.8 Å². The largest absolute Gasteiger partial charge is 0.456 e. The van der Waals surface area contributed by atoms with Crippen LogP contribution in [0.25, 0.3) is 0 Å². The van der Waals surface area contributed by atoms with Crippen LogP contribution in [0.2, 0.25) is 230 Å². The monoisotopic (exact) mass is 1620 g/mol. The second-order valence-electron chi connectivity index (χ2n) is 36.6. The number of rotatable bonds is 60. The van der Waals surface area contributed by atoms with Gasteiger partial charge in [-0.2, -0.15) is 0 Å². The third kappa shape index (κ3) is 53.4. The van der Waals surface area contributed by atoms with E-state index in [9.17, 15) is 30.6 Å². The van der Waals surface area contributed by atoms with E-state index in [1.807, 2.05) is 0 Å². The summed E-state index contributed by atoms with van der Waals surface area (Å²) in [5, 5.41) is 59.7. The predicted octanol–water partition coefficient (Wildman–Crippen LogP) is 17.0. The van der Waals surface area contributed by atoms with Crippen LogP contribution in [0.15, 0.2) is 0 Å². The first-order valence-electron chi connectivity index (χ1n) is 38.5. The summed E-state index contributed by atoms with van der Waals surface area (Å²) in [7, 11) is -20.1. The quantitative estimate of drug-likeness (QED) is 0.0245. The van der Waals surface area contributed by atoms with Crippen LogP contribution in [-0.4, -0.2) is 249 Å². The summed E-state index contributed by atoms with van der Waals surface area (Å²) in [5.74, 6) is 0. The molecule has 0 fully saturated rings. The van der Waals surface area contributed by atoms with Crippen LogP contribution in [-0.2, 0) is 53.1 Å². The van der Waals surface area contributed by atoms with Crippen LogP contribution in [0.3, 0.4) is 0 Å². The number of aliphatic hydroxyl groups excluding tert-OH is 6. The molecule has 0 aliphatic carbocycles. The maximum Gasteiger partial charge on any atom is 0.314 e. The third-order valence-corrected chi connectivity index (χ3v) is 61.7. The highest BCUT2D eigenvalue weighted by atomic mass is 28.5. The SMILES string of the molecule is CC[Si](CC)(CC)CCCOCC(CO)(CO)COCCC[Si](CC)(CC)CC.C[Si](C)(C)O[Si](C)(C)CCCOCC(CO)(CO)COCCC[Si](C)(C)O[Si](C)(C)C.C[Si](C)(C)O[Si](C)(CCCOCC(CO)(CO)COCCC[Si](C)(O[Si](C)(C)C)O[Si](C)(C)C)O[Si](C)(C)C. The van der Waals surface area contributed by atoms with Crippen molar-refractivity contribution in [2.45, 2.75) is 310 Å². The van der Waals surface area contributed by atoms with E-state index in [-0.39, 0.29) is 52.9 Å². The fraction of sp³-hybridized carbons (Fsp3) is 1.00. The van der Waals surface area contributed by atoms with Gasteiger partial charge in [0.1, 0.15) is 0 Å². The van der Waals surface area contributed by atoms with Gasteiger partial charge in [-0.3, -0.25) is 0 Å². The average molecular weight is 1620 g/mol. The Labute approximate surface area is 624 Å². The highest BCUT2D eigenvalue weighted by Gasteiger charge is 2.43. The van der Waals surface area contributed by atoms with Gasteiger partial charge in [-0.25, -0.2) is 0 Å². The fourth-order valence-corrected chi connectivity index (χ4v) is 61.0. The second kappa shape index (κ2) is 49.9. The van der Waals surface area contributed by atoms with Gasteiger partial charge in [-0.05, 0) is 220 Å². The minimum absolute atomic E-state index is 0.0986. The molecule has 0 aromatic carbocycles. The van der Waals surface area contributed by atoms with Crippen LogP contribution in [0.5, 0.6) is 0 Å². The Bertz CT molecular complexity index is 1810. The second-order valence-corrected chi connectivity index (χ2v) is 91.6. The van der Waals surface area contributed by atoms with E-state index in [0.29, 0.717) is 66.1 Å². The lowest BCUT2D eigenvalue weighted by atomic mass is 9.92. The molecule has 0 unspecified atom stereocenters. The molecule has 0 aliphatic heterocycles. The molecule has 0 atom stereocenters. The summed E-state index contributed by atoms with van der Waals surface area (Å²) in [6, 6.07) is 14.6. The molecule has 6 N–H and O–H groups in total. The van der Waals surface area contributed by atoms with Crippen LogP contribution in [0.4, 0.5) is 0 Å². The first-order valence-corrected chi connectivity index (χ1v) is 75.9. The fourth-order valence-electron chi connectivity index (χ4n) is 13.0. The molecule has 0 saturated carbocycles. The van der Waals surface area contributed by atoms with Gasteiger partial charge in [-0.1, -0.05) is 89.9 Å². The molecule has 0 saturated heterocycles. The van der Waals surface area contributed by atoms with Gasteiger partial charge >= 0.3 is 17.1 Å². The van der Waals surface area contributed by atoms with E-state index in [0.717, 1.165) is 62.7 Å². The highest BCUT2D eigenvalue weighted by molar-refractivity contribution is 6.89. The van der Waals surface area contributed by atoms with Crippen LogP contribution >= 0.6 is 0 Å². The number of hydrogen-bond donors (Lipinski definition) is 6. The average Bonchev–Trinajstić information content (AvgIpc) is 0.856. The van der Waals surface area contributed by atoms with Crippen molar-refractivity contribution in [3.05, 3.63) is 0 Å². The Morgan fingerprint density at radius 2 is 0.384 bits per heavy atom. The van der Waals surface area contributed by atoms with Crippen molar-refractivity contribution < 1.29 is 83.8 Å². The molecule has 0 aromatic rings. The van der Waals surface area contributed by atoms with Gasteiger partial charge < -0.3 is 83.8 Å². The molecule has 0 amide bonds. The Kier molecular flexibility index (Phi) is 53.0. The number of ether oxygens (including phenoxy) is 6. The number of aliphatic hydroxyl groups is 6. The van der Waals surface area contributed by atoms with E-state index in [1.165, 1.54) is 48.4 Å². The van der Waals surface area contributed by atoms with Crippen molar-refractivity contribution in [3.63, 3.8) is 0 Å². The molecule has 0 radical (unpaired) electrons. The zero-order chi connectivity index (χ0) is 77.4. The van der Waals surface area contributed by atoms with E-state index < -0.39 is 116 Å². The molecule has 99 heavy (non-hydrogen) atoms. The van der Waals surface area contributed by atoms with Gasteiger partial charge in [-0.15, -0.1) is 0 Å². The number of hydrogen-bond acceptors (Lipinski definition) is 18. The maximum absolute atomic E-state index is 10.1. The standard InChI is InChI=1S/C25H64O8Si6.C23H52O4Si2.C21H52O6Si4/c1-34(2,3)30-38(13,31-35(4,5)6)19-15-17-28-23-25(21-26,22-27)24-29-18-16-20-39(14,32-36(7,8)9)33-37(10,11)12;1-7-28(8-2,9-3)17-13-15-26-21-23(19-24,20-25)22-27-16-14-18-29(10-4,11-5)12-6;1-28(2,3)26-30(7,8)15-11-13-24-19-21(17-22,18-23)20-25-14-12-16-31(9,10)27-29(4,5)6/h26-27H,15-24H2,1-14H3;24-25H,7-22H2,1-6H3;22-23H,11-20H2,1-10H3. The van der Waals surface area contributed by atoms with Crippen molar-refractivity contribution in [3.8, 4) is 0 Å². The van der Waals surface area contributed by atoms with Crippen molar-refractivity contribution in [2.24, 2.45) is 16.2 Å². The van der Waals surface area contributed by atoms with Gasteiger partial charge in [0.15, 0.2) is 66.5 Å². The van der Waals surface area contributed by atoms with Crippen LogP contribution in [0.1, 0.15) is 80.1 Å². The zero-order valence-electron chi connectivity index (χ0n) is 70.5. The molecule has 0 rings (SSSR count). The third-order valence-electron chi connectivity index (χ3n) is 18.2. The normalized spacial score (nSPS) is 14.2. The van der Waals surface area contributed by atoms with E-state index >= 15 is 0 Å². The first-order chi connectivity index (χ1) is 45.2. The van der Waals surface area contributed by atoms with Crippen molar-refractivity contribution in [1.29, 1.82) is 0 Å². The Morgan fingerprint density at radius 3 is 0.535 bits per heavy atom. The van der Waals surface area contributed by atoms with Gasteiger partial charge in [0.2, 0.25) is 0 Å². The van der Waals surface area contributed by atoms with Gasteiger partial charge in [0, 0.05) is 39.6 Å². The summed E-state index contributed by atoms with van der Waals surface area (Å²) in [5.41, 5.74) is -2.25. The molecule has 30 heteroatoms. The summed E-state index contributed by atoms with van der Waals surface area (Å²) in [6.07, 6.45) is 5.70. The molecule has 0 heterocycles. The Morgan fingerprint density at radius 1 is 0.222 bits per heavy atom. The molecule has 600 valence electrons. The zero-order valence-corrected chi connectivity index (χ0v) is 82.5. The molecule has 0 spiro atoms. The molecule has 0 aliphatic rings. The summed E-state index contributed by atoms with van der Waals surface area (Å²) in [6.45, 7) is 72.0. The van der Waals surface area contributed by atoms with E-state index in [1.54, 1.807) is 0 Å². The minimum Gasteiger partial charge on any atom is -0.456 e. The lowest BCUT2D eigenvalue weighted by Gasteiger charge is -2.38. The molecule has 18 nitrogen and oxygen atoms in total. The summed E-state index contributed by atoms with van der Waals surface area (Å²) in [4.78, 5) is 0. The van der Waals surface area contributed by atoms with Gasteiger partial charge in [0.05, 0.1) is 112 Å². The lowest BCUT2D eigenvalue weighted by Crippen LogP contribution is -2.52. The van der Waals surface area contributed by atoms with Crippen molar-refractivity contribution in [1.82, 2.24) is 0 Å². The smallest absolute Gasteiger partial charge is 0.314 e. The van der Waals surface area contributed by atoms with Crippen LogP contribution < -0.4 is 0 Å². The molecular formula is C69H168O18Si12. The Hall–Kier alpha value is 1.88. The topological polar surface area (TPSA) is 232 Å². The van der Waals surface area contributed by atoms with E-state index in [2.05, 4.69) is 199 Å². The molecule has 0 aromatic heterocycles. The van der Waals surface area contributed by atoms with Crippen LogP contribution in [0, 0.1) is 16.2 Å². The maximum atomic E-state index is 10.1. The predicted molar refractivity (Wildman–Crippen MR) is 450 cm³/mol. The first kappa shape index (κ1) is 105. The minimum atomic E-state index is -2.30. The van der Waals surface area contributed by atoms with Crippen molar-refractivity contribution in [2.75, 3.05) is 119 Å². The Balaban J connectivity index is -0.00000142. The molecular weight excluding hydrogens is 1450 g/mol. The summed E-state index contributed by atoms with van der Waals surface area (Å²) < 4.78 is 74.4.